The van der Waals surface area contributed by atoms with Crippen LogP contribution in [0.3, 0.4) is 0 Å². The van der Waals surface area contributed by atoms with Gasteiger partial charge in [-0.05, 0) is 44.0 Å². The Hall–Kier alpha value is -2.88. The van der Waals surface area contributed by atoms with Crippen LogP contribution in [0, 0.1) is 13.8 Å². The van der Waals surface area contributed by atoms with E-state index in [1.807, 2.05) is 43.3 Å². The van der Waals surface area contributed by atoms with Crippen molar-refractivity contribution in [1.82, 2.24) is 15.1 Å². The van der Waals surface area contributed by atoms with Gasteiger partial charge in [-0.15, -0.1) is 0 Å². The lowest BCUT2D eigenvalue weighted by Crippen LogP contribution is -2.28. The van der Waals surface area contributed by atoms with Crippen LogP contribution < -0.4 is 5.32 Å². The van der Waals surface area contributed by atoms with E-state index in [-0.39, 0.29) is 11.9 Å². The second kappa shape index (κ2) is 7.34. The fraction of sp³-hybridized carbons (Fsp3) is 0.238. The summed E-state index contributed by atoms with van der Waals surface area (Å²) in [5, 5.41) is 7.58. The minimum atomic E-state index is -0.148. The number of nitrogens with one attached hydrogen (secondary N) is 1. The molecule has 1 amide bonds. The van der Waals surface area contributed by atoms with Gasteiger partial charge in [-0.25, -0.2) is 4.68 Å². The van der Waals surface area contributed by atoms with E-state index >= 15 is 0 Å². The summed E-state index contributed by atoms with van der Waals surface area (Å²) in [5.74, 6) is -0.148. The van der Waals surface area contributed by atoms with Crippen molar-refractivity contribution in [1.29, 1.82) is 0 Å². The van der Waals surface area contributed by atoms with E-state index < -0.39 is 0 Å². The van der Waals surface area contributed by atoms with Crippen molar-refractivity contribution in [3.63, 3.8) is 0 Å². The average Bonchev–Trinajstić information content (AvgIpc) is 3.03. The average molecular weight is 333 g/mol. The summed E-state index contributed by atoms with van der Waals surface area (Å²) in [6.45, 7) is 6.08. The fourth-order valence-corrected chi connectivity index (χ4v) is 2.87. The van der Waals surface area contributed by atoms with Gasteiger partial charge in [0.15, 0.2) is 5.69 Å². The first-order valence-electron chi connectivity index (χ1n) is 8.58. The van der Waals surface area contributed by atoms with Gasteiger partial charge in [0, 0.05) is 5.69 Å². The minimum absolute atomic E-state index is 0.0183. The first-order chi connectivity index (χ1) is 12.1. The summed E-state index contributed by atoms with van der Waals surface area (Å²) in [4.78, 5) is 12.7. The zero-order valence-corrected chi connectivity index (χ0v) is 14.9. The highest BCUT2D eigenvalue weighted by Gasteiger charge is 2.17. The van der Waals surface area contributed by atoms with E-state index in [1.165, 1.54) is 5.56 Å². The third-order valence-corrected chi connectivity index (χ3v) is 4.31. The Labute approximate surface area is 148 Å². The number of para-hydroxylation sites is 1. The quantitative estimate of drug-likeness (QED) is 0.753. The number of aryl methyl sites for hydroxylation is 2. The maximum atomic E-state index is 12.7. The predicted octanol–water partition coefficient (Wildman–Crippen LogP) is 4.37. The fourth-order valence-electron chi connectivity index (χ4n) is 2.87. The molecule has 25 heavy (non-hydrogen) atoms. The summed E-state index contributed by atoms with van der Waals surface area (Å²) in [6, 6.07) is 19.9. The summed E-state index contributed by atoms with van der Waals surface area (Å²) in [5.41, 5.74) is 4.64. The molecule has 0 fully saturated rings. The maximum absolute atomic E-state index is 12.7. The Morgan fingerprint density at radius 2 is 1.76 bits per heavy atom. The van der Waals surface area contributed by atoms with Gasteiger partial charge in [-0.2, -0.15) is 5.10 Å². The number of hydrogen-bond acceptors (Lipinski definition) is 2. The maximum Gasteiger partial charge on any atom is 0.272 e. The lowest BCUT2D eigenvalue weighted by molar-refractivity contribution is 0.0930. The molecule has 0 saturated carbocycles. The van der Waals surface area contributed by atoms with Gasteiger partial charge in [0.2, 0.25) is 0 Å². The molecule has 1 atom stereocenters. The molecule has 3 rings (SSSR count). The van der Waals surface area contributed by atoms with Gasteiger partial charge in [-0.1, -0.05) is 55.0 Å². The molecule has 0 spiro atoms. The molecule has 0 aliphatic rings. The van der Waals surface area contributed by atoms with Crippen LogP contribution in [0.5, 0.6) is 0 Å². The molecule has 1 aromatic heterocycles. The Balaban J connectivity index is 1.80. The highest BCUT2D eigenvalue weighted by atomic mass is 16.2. The van der Waals surface area contributed by atoms with Crippen LogP contribution in [0.15, 0.2) is 60.7 Å². The Kier molecular flexibility index (Phi) is 4.98. The van der Waals surface area contributed by atoms with Gasteiger partial charge in [0.1, 0.15) is 0 Å². The van der Waals surface area contributed by atoms with Gasteiger partial charge < -0.3 is 5.32 Å². The largest absolute Gasteiger partial charge is 0.344 e. The highest BCUT2D eigenvalue weighted by Crippen LogP contribution is 2.18. The van der Waals surface area contributed by atoms with Gasteiger partial charge in [0.05, 0.1) is 11.7 Å². The molecule has 1 N–H and O–H groups in total. The van der Waals surface area contributed by atoms with Gasteiger partial charge >= 0.3 is 0 Å². The predicted molar refractivity (Wildman–Crippen MR) is 100.0 cm³/mol. The normalized spacial score (nSPS) is 12.0. The number of amides is 1. The van der Waals surface area contributed by atoms with Crippen LogP contribution >= 0.6 is 0 Å². The lowest BCUT2D eigenvalue weighted by atomic mass is 10.0. The van der Waals surface area contributed by atoms with E-state index in [0.29, 0.717) is 5.69 Å². The molecule has 0 aliphatic heterocycles. The molecule has 0 aliphatic carbocycles. The molecule has 4 heteroatoms. The monoisotopic (exact) mass is 333 g/mol. The lowest BCUT2D eigenvalue weighted by Gasteiger charge is -2.17. The second-order valence-corrected chi connectivity index (χ2v) is 6.26. The van der Waals surface area contributed by atoms with Crippen LogP contribution in [0.2, 0.25) is 0 Å². The number of aromatic nitrogens is 2. The van der Waals surface area contributed by atoms with Crippen molar-refractivity contribution in [2.75, 3.05) is 0 Å². The Morgan fingerprint density at radius 3 is 2.40 bits per heavy atom. The zero-order valence-electron chi connectivity index (χ0n) is 14.9. The van der Waals surface area contributed by atoms with Crippen molar-refractivity contribution in [2.45, 2.75) is 33.2 Å². The van der Waals surface area contributed by atoms with Crippen LogP contribution in [-0.4, -0.2) is 15.7 Å². The van der Waals surface area contributed by atoms with E-state index in [1.54, 1.807) is 4.68 Å². The van der Waals surface area contributed by atoms with Crippen molar-refractivity contribution >= 4 is 5.91 Å². The highest BCUT2D eigenvalue weighted by molar-refractivity contribution is 5.92. The third-order valence-electron chi connectivity index (χ3n) is 4.31. The van der Waals surface area contributed by atoms with Crippen LogP contribution in [-0.2, 0) is 0 Å². The summed E-state index contributed by atoms with van der Waals surface area (Å²) >= 11 is 0. The van der Waals surface area contributed by atoms with Crippen molar-refractivity contribution in [2.24, 2.45) is 0 Å². The van der Waals surface area contributed by atoms with Crippen molar-refractivity contribution < 1.29 is 4.79 Å². The van der Waals surface area contributed by atoms with Gasteiger partial charge in [-0.3, -0.25) is 4.79 Å². The molecule has 128 valence electrons. The zero-order chi connectivity index (χ0) is 17.8. The number of nitrogens with zero attached hydrogens (tertiary/aromatic N) is 2. The van der Waals surface area contributed by atoms with Crippen molar-refractivity contribution in [3.05, 3.63) is 83.2 Å². The van der Waals surface area contributed by atoms with E-state index in [4.69, 9.17) is 0 Å². The number of rotatable bonds is 5. The number of hydrogen-bond donors (Lipinski definition) is 1. The standard InChI is InChI=1S/C21H23N3O/c1-4-19(17-12-10-15(2)11-13-17)22-21(25)20-14-16(3)24(23-20)18-8-6-5-7-9-18/h5-14,19H,4H2,1-3H3,(H,22,25). The van der Waals surface area contributed by atoms with Crippen molar-refractivity contribution in [3.8, 4) is 5.69 Å². The Bertz CT molecular complexity index is 851. The molecule has 1 unspecified atom stereocenters. The summed E-state index contributed by atoms with van der Waals surface area (Å²) < 4.78 is 1.79. The topological polar surface area (TPSA) is 46.9 Å². The van der Waals surface area contributed by atoms with E-state index in [2.05, 4.69) is 48.5 Å². The SMILES string of the molecule is CCC(NC(=O)c1cc(C)n(-c2ccccc2)n1)c1ccc(C)cc1. The van der Waals surface area contributed by atoms with Crippen LogP contribution in [0.25, 0.3) is 5.69 Å². The molecule has 0 bridgehead atoms. The molecule has 3 aromatic rings. The molecule has 0 saturated heterocycles. The molecule has 4 nitrogen and oxygen atoms in total. The van der Waals surface area contributed by atoms with E-state index in [9.17, 15) is 4.79 Å². The molecule has 2 aromatic carbocycles. The third kappa shape index (κ3) is 3.79. The molecular weight excluding hydrogens is 310 g/mol. The van der Waals surface area contributed by atoms with Crippen LogP contribution in [0.1, 0.15) is 46.7 Å². The number of carbonyl (C=O) groups is 1. The van der Waals surface area contributed by atoms with Crippen LogP contribution in [0.4, 0.5) is 0 Å². The van der Waals surface area contributed by atoms with E-state index in [0.717, 1.165) is 23.4 Å². The molecular formula is C21H23N3O. The molecule has 1 heterocycles. The first kappa shape index (κ1) is 17.0. The number of benzene rings is 2. The number of carbonyl (C=O) groups excluding carboxylic acids is 1. The summed E-state index contributed by atoms with van der Waals surface area (Å²) in [6.07, 6.45) is 0.827. The molecule has 0 radical (unpaired) electrons. The smallest absolute Gasteiger partial charge is 0.272 e. The summed E-state index contributed by atoms with van der Waals surface area (Å²) in [7, 11) is 0. The minimum Gasteiger partial charge on any atom is -0.344 e. The second-order valence-electron chi connectivity index (χ2n) is 6.26. The van der Waals surface area contributed by atoms with Gasteiger partial charge in [0.25, 0.3) is 5.91 Å². The Morgan fingerprint density at radius 1 is 1.08 bits per heavy atom. The first-order valence-corrected chi connectivity index (χ1v) is 8.58.